The van der Waals surface area contributed by atoms with Crippen LogP contribution in [0, 0.1) is 6.72 Å². The van der Waals surface area contributed by atoms with E-state index in [2.05, 4.69) is 6.72 Å². The third-order valence-corrected chi connectivity index (χ3v) is 1.44. The lowest BCUT2D eigenvalue weighted by Gasteiger charge is -1.77. The molecule has 11 heavy (non-hydrogen) atoms. The summed E-state index contributed by atoms with van der Waals surface area (Å²) >= 11 is 0. The van der Waals surface area contributed by atoms with Gasteiger partial charge in [-0.15, -0.1) is 0 Å². The smallest absolute Gasteiger partial charge is 0.174 e. The van der Waals surface area contributed by atoms with Crippen LogP contribution in [0.25, 0.3) is 6.08 Å². The third kappa shape index (κ3) is 2.04. The van der Waals surface area contributed by atoms with Crippen LogP contribution in [0.1, 0.15) is 6.92 Å². The molecule has 1 rings (SSSR count). The van der Waals surface area contributed by atoms with Crippen molar-refractivity contribution >= 4 is 6.08 Å². The maximum Gasteiger partial charge on any atom is 0.210 e. The quantitative estimate of drug-likeness (QED) is 0.521. The van der Waals surface area contributed by atoms with E-state index in [9.17, 15) is 0 Å². The molecule has 0 radical (unpaired) electrons. The van der Waals surface area contributed by atoms with Gasteiger partial charge in [0.15, 0.2) is 6.20 Å². The monoisotopic (exact) mass is 146 g/mol. The topological polar surface area (TPSA) is 5.90 Å². The average Bonchev–Trinajstić information content (AvgIpc) is 2.03. The van der Waals surface area contributed by atoms with Crippen LogP contribution < -0.4 is 9.59 Å². The molecule has 0 aliphatic carbocycles. The van der Waals surface area contributed by atoms with Gasteiger partial charge in [0.05, 0.1) is 0 Å². The van der Waals surface area contributed by atoms with Gasteiger partial charge in [0, 0.05) is 18.2 Å². The van der Waals surface area contributed by atoms with Crippen molar-refractivity contribution in [1.29, 1.82) is 0 Å². The molecule has 0 bridgehead atoms. The minimum atomic E-state index is 1.10. The number of nitrogens with zero attached hydrogens (tertiary/aromatic N) is 1. The van der Waals surface area contributed by atoms with E-state index in [1.54, 1.807) is 0 Å². The summed E-state index contributed by atoms with van der Waals surface area (Å²) in [7, 11) is 0. The van der Waals surface area contributed by atoms with Crippen LogP contribution in [0.15, 0.2) is 36.5 Å². The van der Waals surface area contributed by atoms with Crippen LogP contribution >= 0.6 is 0 Å². The van der Waals surface area contributed by atoms with Gasteiger partial charge >= 0.3 is 0 Å². The van der Waals surface area contributed by atoms with Crippen LogP contribution in [0.3, 0.4) is 0 Å². The first-order valence-corrected chi connectivity index (χ1v) is 3.62. The van der Waals surface area contributed by atoms with Crippen molar-refractivity contribution in [3.05, 3.63) is 48.6 Å². The van der Waals surface area contributed by atoms with E-state index in [4.69, 9.17) is 0 Å². The Morgan fingerprint density at radius 3 is 2.91 bits per heavy atom. The molecule has 0 saturated carbocycles. The van der Waals surface area contributed by atoms with Crippen molar-refractivity contribution in [3.8, 4) is 0 Å². The van der Waals surface area contributed by atoms with E-state index in [0.717, 1.165) is 5.35 Å². The van der Waals surface area contributed by atoms with Crippen molar-refractivity contribution in [1.82, 2.24) is 0 Å². The molecule has 0 N–H and O–H groups in total. The molecule has 1 heteroatoms. The maximum absolute atomic E-state index is 3.82. The zero-order valence-corrected chi connectivity index (χ0v) is 6.70. The number of hydrogen-bond acceptors (Lipinski definition) is 0. The summed E-state index contributed by atoms with van der Waals surface area (Å²) in [5.41, 5.74) is 0. The summed E-state index contributed by atoms with van der Waals surface area (Å²) in [6.07, 6.45) is 7.94. The highest BCUT2D eigenvalue weighted by Crippen LogP contribution is 1.72. The van der Waals surface area contributed by atoms with Gasteiger partial charge < -0.3 is 0 Å². The molecule has 0 saturated heterocycles. The van der Waals surface area contributed by atoms with Crippen molar-refractivity contribution in [3.63, 3.8) is 0 Å². The lowest BCUT2D eigenvalue weighted by atomic mass is 10.4. The molecule has 0 spiro atoms. The van der Waals surface area contributed by atoms with E-state index in [1.165, 1.54) is 0 Å². The lowest BCUT2D eigenvalue weighted by Crippen LogP contribution is -2.33. The predicted octanol–water partition coefficient (Wildman–Crippen LogP) is 0.970. The summed E-state index contributed by atoms with van der Waals surface area (Å²) in [5, 5.41) is 1.10. The van der Waals surface area contributed by atoms with E-state index in [-0.39, 0.29) is 0 Å². The van der Waals surface area contributed by atoms with Crippen LogP contribution in [0.5, 0.6) is 0 Å². The Kier molecular flexibility index (Phi) is 2.61. The van der Waals surface area contributed by atoms with Gasteiger partial charge in [-0.3, -0.25) is 0 Å². The Morgan fingerprint density at radius 2 is 2.27 bits per heavy atom. The fourth-order valence-corrected chi connectivity index (χ4v) is 0.836. The summed E-state index contributed by atoms with van der Waals surface area (Å²) in [4.78, 5) is 0. The molecule has 0 fully saturated rings. The fraction of sp³-hybridized carbons (Fsp3) is 0.100. The number of rotatable bonds is 1. The molecule has 0 unspecified atom stereocenters. The van der Waals surface area contributed by atoms with Gasteiger partial charge in [-0.2, -0.15) is 4.24 Å². The normalized spacial score (nSPS) is 12.6. The molecule has 1 aromatic heterocycles. The van der Waals surface area contributed by atoms with E-state index in [0.29, 0.717) is 0 Å². The lowest BCUT2D eigenvalue weighted by molar-refractivity contribution is -0.513. The largest absolute Gasteiger partial charge is 0.210 e. The predicted molar refractivity (Wildman–Crippen MR) is 46.3 cm³/mol. The molecular formula is C10H12N+. The summed E-state index contributed by atoms with van der Waals surface area (Å²) in [5.74, 6) is 0. The second kappa shape index (κ2) is 3.71. The Bertz CT molecular complexity index is 349. The molecule has 0 amide bonds. The maximum atomic E-state index is 3.82. The minimum absolute atomic E-state index is 1.10. The Labute approximate surface area is 66.7 Å². The summed E-state index contributed by atoms with van der Waals surface area (Å²) in [6, 6.07) is 5.98. The van der Waals surface area contributed by atoms with Gasteiger partial charge in [-0.25, -0.2) is 0 Å². The van der Waals surface area contributed by atoms with Crippen LogP contribution in [0.2, 0.25) is 0 Å². The van der Waals surface area contributed by atoms with Crippen LogP contribution in [-0.4, -0.2) is 0 Å². The standard InChI is InChI=1S/C10H12N/c1-3-4-7-10-8-5-6-9-11(10)2/h3-9H,2H2,1H3/q+1/b4-3-,10-7-. The molecule has 0 atom stereocenters. The van der Waals surface area contributed by atoms with Gasteiger partial charge in [-0.1, -0.05) is 12.2 Å². The Balaban J connectivity index is 3.24. The van der Waals surface area contributed by atoms with Crippen molar-refractivity contribution in [2.45, 2.75) is 6.92 Å². The number of aromatic nitrogens is 1. The number of allylic oxidation sites excluding steroid dienone is 2. The Morgan fingerprint density at radius 1 is 1.45 bits per heavy atom. The van der Waals surface area contributed by atoms with Gasteiger partial charge in [-0.05, 0) is 13.0 Å². The fourth-order valence-electron chi connectivity index (χ4n) is 0.836. The zero-order chi connectivity index (χ0) is 8.10. The molecule has 1 nitrogen and oxygen atoms in total. The molecule has 1 heterocycles. The highest BCUT2D eigenvalue weighted by molar-refractivity contribution is 5.31. The van der Waals surface area contributed by atoms with Crippen molar-refractivity contribution in [2.75, 3.05) is 0 Å². The first-order valence-electron chi connectivity index (χ1n) is 3.62. The molecule has 1 aromatic rings. The van der Waals surface area contributed by atoms with E-state index >= 15 is 0 Å². The highest BCUT2D eigenvalue weighted by atomic mass is 14.8. The first kappa shape index (κ1) is 7.73. The average molecular weight is 146 g/mol. The third-order valence-electron chi connectivity index (χ3n) is 1.44. The molecule has 0 aromatic carbocycles. The summed E-state index contributed by atoms with van der Waals surface area (Å²) < 4.78 is 1.83. The minimum Gasteiger partial charge on any atom is -0.174 e. The Hall–Kier alpha value is -1.37. The van der Waals surface area contributed by atoms with E-state index < -0.39 is 0 Å². The van der Waals surface area contributed by atoms with Crippen molar-refractivity contribution in [2.24, 2.45) is 0 Å². The van der Waals surface area contributed by atoms with Gasteiger partial charge in [0.25, 0.3) is 0 Å². The first-order chi connectivity index (χ1) is 5.34. The highest BCUT2D eigenvalue weighted by Gasteiger charge is 1.84. The SMILES string of the molecule is C=[n+]1cccc/c1=C/C=C\C. The van der Waals surface area contributed by atoms with Crippen molar-refractivity contribution < 1.29 is 4.24 Å². The van der Waals surface area contributed by atoms with Crippen LogP contribution in [-0.2, 0) is 0 Å². The van der Waals surface area contributed by atoms with Gasteiger partial charge in [0.1, 0.15) is 6.72 Å². The van der Waals surface area contributed by atoms with Gasteiger partial charge in [0.2, 0.25) is 5.35 Å². The molecule has 56 valence electrons. The second-order valence-electron chi connectivity index (χ2n) is 2.29. The zero-order valence-electron chi connectivity index (χ0n) is 6.70. The second-order valence-corrected chi connectivity index (χ2v) is 2.29. The molecule has 0 aliphatic rings. The summed E-state index contributed by atoms with van der Waals surface area (Å²) in [6.45, 7) is 5.82. The number of hydrogen-bond donors (Lipinski definition) is 0. The molecular weight excluding hydrogens is 134 g/mol. The molecule has 0 aliphatic heterocycles. The number of pyridine rings is 1. The van der Waals surface area contributed by atoms with Crippen LogP contribution in [0.4, 0.5) is 0 Å². The van der Waals surface area contributed by atoms with E-state index in [1.807, 2.05) is 53.8 Å².